The van der Waals surface area contributed by atoms with Crippen molar-refractivity contribution in [2.24, 2.45) is 0 Å². The van der Waals surface area contributed by atoms with Gasteiger partial charge in [0.2, 0.25) is 0 Å². The average Bonchev–Trinajstić information content (AvgIpc) is 2.97. The average molecular weight is 392 g/mol. The Hall–Kier alpha value is -3.32. The van der Waals surface area contributed by atoms with Gasteiger partial charge in [0, 0.05) is 23.0 Å². The predicted octanol–water partition coefficient (Wildman–Crippen LogP) is 8.09. The minimum absolute atomic E-state index is 0.0107. The lowest BCUT2D eigenvalue weighted by atomic mass is 9.82. The largest absolute Gasteiger partial charge is 0.317 e. The van der Waals surface area contributed by atoms with Gasteiger partial charge in [-0.15, -0.1) is 0 Å². The molecule has 1 nitrogen and oxygen atoms in total. The third kappa shape index (κ3) is 3.52. The van der Waals surface area contributed by atoms with E-state index in [0.717, 1.165) is 11.3 Å². The number of allylic oxidation sites excluding steroid dienone is 4. The molecule has 0 unspecified atom stereocenters. The standard InChI is InChI=1S/C29H29N/c1-6-9-21(2)18-19-30(23-14-12-22(3)13-15-23)24-16-17-26-25-10-7-8-11-27(25)29(4,5)28(26)20-24/h6-20H,1H2,2-5H3/b19-18-,21-9-. The van der Waals surface area contributed by atoms with Crippen LogP contribution < -0.4 is 4.90 Å². The fraction of sp³-hybridized carbons (Fsp3) is 0.172. The molecule has 0 spiro atoms. The van der Waals surface area contributed by atoms with Gasteiger partial charge in [-0.25, -0.2) is 0 Å². The van der Waals surface area contributed by atoms with Gasteiger partial charge in [0.25, 0.3) is 0 Å². The van der Waals surface area contributed by atoms with Crippen LogP contribution in [0.1, 0.15) is 37.5 Å². The van der Waals surface area contributed by atoms with Gasteiger partial charge in [0.1, 0.15) is 0 Å². The fourth-order valence-corrected chi connectivity index (χ4v) is 4.30. The van der Waals surface area contributed by atoms with Crippen molar-refractivity contribution in [3.05, 3.63) is 120 Å². The Kier molecular flexibility index (Phi) is 5.22. The number of hydrogen-bond donors (Lipinski definition) is 0. The lowest BCUT2D eigenvalue weighted by molar-refractivity contribution is 0.660. The molecule has 0 fully saturated rings. The van der Waals surface area contributed by atoms with Crippen LogP contribution in [0.3, 0.4) is 0 Å². The van der Waals surface area contributed by atoms with Gasteiger partial charge in [-0.3, -0.25) is 0 Å². The lowest BCUT2D eigenvalue weighted by Crippen LogP contribution is -2.16. The van der Waals surface area contributed by atoms with Gasteiger partial charge in [-0.2, -0.15) is 0 Å². The van der Waals surface area contributed by atoms with Crippen molar-refractivity contribution in [3.8, 4) is 11.1 Å². The first kappa shape index (κ1) is 20.0. The van der Waals surface area contributed by atoms with E-state index in [4.69, 9.17) is 0 Å². The van der Waals surface area contributed by atoms with E-state index in [0.29, 0.717) is 0 Å². The molecule has 0 atom stereocenters. The number of hydrogen-bond acceptors (Lipinski definition) is 1. The van der Waals surface area contributed by atoms with Gasteiger partial charge in [0.15, 0.2) is 0 Å². The highest BCUT2D eigenvalue weighted by Gasteiger charge is 2.35. The number of aryl methyl sites for hydroxylation is 1. The third-order valence-electron chi connectivity index (χ3n) is 6.02. The van der Waals surface area contributed by atoms with Gasteiger partial charge in [-0.1, -0.05) is 80.6 Å². The highest BCUT2D eigenvalue weighted by molar-refractivity contribution is 5.83. The minimum atomic E-state index is -0.0107. The quantitative estimate of drug-likeness (QED) is 0.397. The van der Waals surface area contributed by atoms with Crippen molar-refractivity contribution in [3.63, 3.8) is 0 Å². The van der Waals surface area contributed by atoms with Crippen LogP contribution in [0.25, 0.3) is 11.1 Å². The molecular formula is C29H29N. The molecule has 150 valence electrons. The van der Waals surface area contributed by atoms with Crippen LogP contribution in [0.15, 0.2) is 103 Å². The summed E-state index contributed by atoms with van der Waals surface area (Å²) >= 11 is 0. The van der Waals surface area contributed by atoms with Crippen LogP contribution >= 0.6 is 0 Å². The summed E-state index contributed by atoms with van der Waals surface area (Å²) in [4.78, 5) is 2.26. The van der Waals surface area contributed by atoms with E-state index < -0.39 is 0 Å². The van der Waals surface area contributed by atoms with Crippen molar-refractivity contribution in [1.29, 1.82) is 0 Å². The molecule has 0 saturated carbocycles. The Morgan fingerprint density at radius 1 is 0.867 bits per heavy atom. The molecule has 30 heavy (non-hydrogen) atoms. The SMILES string of the molecule is C=C/C=C(C)\C=C/N(c1ccc(C)cc1)c1ccc2c(c1)C(C)(C)c1ccccc1-2. The Morgan fingerprint density at radius 2 is 1.53 bits per heavy atom. The van der Waals surface area contributed by atoms with Crippen molar-refractivity contribution in [2.45, 2.75) is 33.1 Å². The van der Waals surface area contributed by atoms with Crippen LogP contribution in [0.2, 0.25) is 0 Å². The Morgan fingerprint density at radius 3 is 2.27 bits per heavy atom. The van der Waals surface area contributed by atoms with Crippen LogP contribution in [0, 0.1) is 6.92 Å². The maximum absolute atomic E-state index is 3.80. The lowest BCUT2D eigenvalue weighted by Gasteiger charge is -2.25. The summed E-state index contributed by atoms with van der Waals surface area (Å²) in [6, 6.07) is 24.3. The van der Waals surface area contributed by atoms with Crippen LogP contribution in [-0.4, -0.2) is 0 Å². The normalized spacial score (nSPS) is 14.5. The number of nitrogens with zero attached hydrogens (tertiary/aromatic N) is 1. The minimum Gasteiger partial charge on any atom is -0.317 e. The second kappa shape index (κ2) is 7.84. The zero-order valence-corrected chi connectivity index (χ0v) is 18.3. The molecule has 0 saturated heterocycles. The van der Waals surface area contributed by atoms with Gasteiger partial charge < -0.3 is 4.90 Å². The number of fused-ring (bicyclic) bond motifs is 3. The highest BCUT2D eigenvalue weighted by Crippen LogP contribution is 2.49. The van der Waals surface area contributed by atoms with Crippen molar-refractivity contribution < 1.29 is 0 Å². The number of rotatable bonds is 5. The zero-order valence-electron chi connectivity index (χ0n) is 18.3. The first-order valence-electron chi connectivity index (χ1n) is 10.5. The molecule has 1 aliphatic carbocycles. The molecule has 1 aliphatic rings. The third-order valence-corrected chi connectivity index (χ3v) is 6.02. The maximum atomic E-state index is 3.80. The molecule has 0 amide bonds. The number of benzene rings is 3. The molecule has 3 aromatic carbocycles. The smallest absolute Gasteiger partial charge is 0.0458 e. The fourth-order valence-electron chi connectivity index (χ4n) is 4.30. The second-order valence-electron chi connectivity index (χ2n) is 8.57. The maximum Gasteiger partial charge on any atom is 0.0458 e. The van der Waals surface area contributed by atoms with E-state index in [1.54, 1.807) is 0 Å². The summed E-state index contributed by atoms with van der Waals surface area (Å²) in [5, 5.41) is 0. The van der Waals surface area contributed by atoms with Crippen molar-refractivity contribution in [1.82, 2.24) is 0 Å². The number of anilines is 2. The topological polar surface area (TPSA) is 3.24 Å². The summed E-state index contributed by atoms with van der Waals surface area (Å²) in [6.45, 7) is 12.7. The Labute approximate surface area is 180 Å². The van der Waals surface area contributed by atoms with E-state index in [2.05, 4.69) is 118 Å². The molecule has 0 heterocycles. The molecule has 0 bridgehead atoms. The first-order chi connectivity index (χ1) is 14.4. The molecule has 3 aromatic rings. The molecule has 0 radical (unpaired) electrons. The van der Waals surface area contributed by atoms with Crippen LogP contribution in [0.4, 0.5) is 11.4 Å². The van der Waals surface area contributed by atoms with Crippen LogP contribution in [-0.2, 0) is 5.41 Å². The van der Waals surface area contributed by atoms with E-state index in [1.807, 2.05) is 12.2 Å². The Bertz CT molecular complexity index is 1140. The summed E-state index contributed by atoms with van der Waals surface area (Å²) in [5.74, 6) is 0. The molecular weight excluding hydrogens is 362 g/mol. The van der Waals surface area contributed by atoms with E-state index in [1.165, 1.54) is 33.5 Å². The van der Waals surface area contributed by atoms with Gasteiger partial charge in [0.05, 0.1) is 0 Å². The van der Waals surface area contributed by atoms with Gasteiger partial charge >= 0.3 is 0 Å². The van der Waals surface area contributed by atoms with Crippen molar-refractivity contribution in [2.75, 3.05) is 4.90 Å². The summed E-state index contributed by atoms with van der Waals surface area (Å²) in [7, 11) is 0. The van der Waals surface area contributed by atoms with E-state index in [-0.39, 0.29) is 5.41 Å². The molecule has 0 N–H and O–H groups in total. The van der Waals surface area contributed by atoms with Crippen molar-refractivity contribution >= 4 is 11.4 Å². The zero-order chi connectivity index (χ0) is 21.3. The van der Waals surface area contributed by atoms with E-state index >= 15 is 0 Å². The molecule has 4 rings (SSSR count). The highest BCUT2D eigenvalue weighted by atomic mass is 15.1. The predicted molar refractivity (Wildman–Crippen MR) is 130 cm³/mol. The molecule has 0 aromatic heterocycles. The molecule has 0 aliphatic heterocycles. The van der Waals surface area contributed by atoms with Crippen LogP contribution in [0.5, 0.6) is 0 Å². The summed E-state index contributed by atoms with van der Waals surface area (Å²) in [6.07, 6.45) is 8.13. The first-order valence-corrected chi connectivity index (χ1v) is 10.5. The Balaban J connectivity index is 1.83. The molecule has 1 heteroatoms. The second-order valence-corrected chi connectivity index (χ2v) is 8.57. The van der Waals surface area contributed by atoms with Gasteiger partial charge in [-0.05, 0) is 72.0 Å². The summed E-state index contributed by atoms with van der Waals surface area (Å²) in [5.41, 5.74) is 10.2. The van der Waals surface area contributed by atoms with E-state index in [9.17, 15) is 0 Å². The summed E-state index contributed by atoms with van der Waals surface area (Å²) < 4.78 is 0. The monoisotopic (exact) mass is 391 g/mol.